The lowest BCUT2D eigenvalue weighted by Crippen LogP contribution is -2.25. The third-order valence-electron chi connectivity index (χ3n) is 7.13. The molecule has 0 N–H and O–H groups in total. The number of rotatable bonds is 8. The molecule has 5 aromatic rings. The van der Waals surface area contributed by atoms with Gasteiger partial charge in [0.25, 0.3) is 5.88 Å². The van der Waals surface area contributed by atoms with Crippen molar-refractivity contribution in [3.05, 3.63) is 105 Å². The number of benzene rings is 2. The third-order valence-corrected chi connectivity index (χ3v) is 7.13. The van der Waals surface area contributed by atoms with Gasteiger partial charge in [-0.3, -0.25) is 14.6 Å². The van der Waals surface area contributed by atoms with Gasteiger partial charge in [0.1, 0.15) is 17.1 Å². The zero-order valence-corrected chi connectivity index (χ0v) is 23.3. The minimum absolute atomic E-state index is 0.0268. The van der Waals surface area contributed by atoms with Crippen LogP contribution >= 0.6 is 0 Å². The Morgan fingerprint density at radius 2 is 1.63 bits per heavy atom. The molecule has 3 heterocycles. The molecule has 208 valence electrons. The summed E-state index contributed by atoms with van der Waals surface area (Å²) in [7, 11) is 4.84. The summed E-state index contributed by atoms with van der Waals surface area (Å²) in [5.41, 5.74) is 3.79. The van der Waals surface area contributed by atoms with Crippen LogP contribution in [0.2, 0.25) is 0 Å². The van der Waals surface area contributed by atoms with Crippen molar-refractivity contribution < 1.29 is 23.4 Å². The van der Waals surface area contributed by atoms with E-state index in [9.17, 15) is 14.0 Å². The molecule has 8 nitrogen and oxygen atoms in total. The van der Waals surface area contributed by atoms with E-state index in [1.54, 1.807) is 61.7 Å². The van der Waals surface area contributed by atoms with E-state index in [1.807, 2.05) is 18.5 Å². The highest BCUT2D eigenvalue weighted by Gasteiger charge is 2.22. The van der Waals surface area contributed by atoms with Crippen LogP contribution in [0.1, 0.15) is 27.3 Å². The average Bonchev–Trinajstić information content (AvgIpc) is 2.97. The summed E-state index contributed by atoms with van der Waals surface area (Å²) >= 11 is 0. The first-order valence-corrected chi connectivity index (χ1v) is 12.9. The van der Waals surface area contributed by atoms with Crippen molar-refractivity contribution in [3.8, 4) is 34.3 Å². The molecule has 0 fully saturated rings. The Hall–Kier alpha value is -5.05. The van der Waals surface area contributed by atoms with Gasteiger partial charge in [0.15, 0.2) is 17.3 Å². The second-order valence-corrected chi connectivity index (χ2v) is 9.54. The van der Waals surface area contributed by atoms with Crippen LogP contribution in [0.15, 0.2) is 71.7 Å². The van der Waals surface area contributed by atoms with Gasteiger partial charge in [0.05, 0.1) is 25.3 Å². The maximum atomic E-state index is 13.6. The predicted molar refractivity (Wildman–Crippen MR) is 154 cm³/mol. The molecule has 0 aliphatic carbocycles. The van der Waals surface area contributed by atoms with E-state index in [2.05, 4.69) is 9.97 Å². The summed E-state index contributed by atoms with van der Waals surface area (Å²) in [4.78, 5) is 35.8. The van der Waals surface area contributed by atoms with Gasteiger partial charge >= 0.3 is 0 Å². The summed E-state index contributed by atoms with van der Waals surface area (Å²) in [6.07, 6.45) is 1.64. The van der Waals surface area contributed by atoms with Crippen molar-refractivity contribution >= 4 is 16.8 Å². The molecule has 0 bridgehead atoms. The van der Waals surface area contributed by atoms with Crippen molar-refractivity contribution in [2.75, 3.05) is 14.2 Å². The minimum atomic E-state index is -0.396. The number of fused-ring (bicyclic) bond motifs is 1. The Morgan fingerprint density at radius 1 is 0.927 bits per heavy atom. The fraction of sp³-hybridized carbons (Fsp3) is 0.188. The van der Waals surface area contributed by atoms with Gasteiger partial charge in [-0.1, -0.05) is 24.3 Å². The van der Waals surface area contributed by atoms with Crippen molar-refractivity contribution in [2.45, 2.75) is 20.3 Å². The number of Topliss-reactive ketones (excluding diaryl/α,β-unsaturated/α-hetero) is 1. The number of ether oxygens (including phenoxy) is 3. The average molecular weight is 554 g/mol. The van der Waals surface area contributed by atoms with Gasteiger partial charge in [0, 0.05) is 48.7 Å². The van der Waals surface area contributed by atoms with Crippen LogP contribution in [0.25, 0.3) is 22.2 Å². The zero-order valence-electron chi connectivity index (χ0n) is 23.3. The number of methoxy groups -OCH3 is 2. The second-order valence-electron chi connectivity index (χ2n) is 9.54. The number of carbonyl (C=O) groups excluding carboxylic acids is 1. The Balaban J connectivity index is 1.41. The normalized spacial score (nSPS) is 11.0. The van der Waals surface area contributed by atoms with Crippen LogP contribution in [-0.4, -0.2) is 34.5 Å². The maximum Gasteiger partial charge on any atom is 0.257 e. The number of pyridine rings is 3. The molecule has 0 unspecified atom stereocenters. The molecule has 0 radical (unpaired) electrons. The van der Waals surface area contributed by atoms with Gasteiger partial charge in [-0.15, -0.1) is 0 Å². The fourth-order valence-electron chi connectivity index (χ4n) is 4.79. The number of hydrogen-bond acceptors (Lipinski definition) is 7. The standard InChI is InChI=1S/C32H28FN3O5/c1-18-28(21-8-10-22(33)11-9-21)31(38)29(19(2)36(18)3)25(37)16-20-6-12-23(13-7-20)41-26-14-15-34-24-17-27(39-4)32(40-5)35-30(24)26/h6-15,17H,16H2,1-5H3. The summed E-state index contributed by atoms with van der Waals surface area (Å²) < 4.78 is 32.0. The Kier molecular flexibility index (Phi) is 7.52. The van der Waals surface area contributed by atoms with Crippen molar-refractivity contribution in [1.82, 2.24) is 14.5 Å². The van der Waals surface area contributed by atoms with Crippen LogP contribution in [-0.2, 0) is 13.5 Å². The highest BCUT2D eigenvalue weighted by atomic mass is 19.1. The molecular weight excluding hydrogens is 525 g/mol. The number of carbonyl (C=O) groups is 1. The topological polar surface area (TPSA) is 92.5 Å². The van der Waals surface area contributed by atoms with E-state index < -0.39 is 5.82 Å². The molecule has 41 heavy (non-hydrogen) atoms. The van der Waals surface area contributed by atoms with E-state index in [-0.39, 0.29) is 23.2 Å². The molecule has 0 atom stereocenters. The Morgan fingerprint density at radius 3 is 2.29 bits per heavy atom. The van der Waals surface area contributed by atoms with Gasteiger partial charge in [-0.2, -0.15) is 0 Å². The molecule has 0 saturated carbocycles. The lowest BCUT2D eigenvalue weighted by Gasteiger charge is -2.17. The summed E-state index contributed by atoms with van der Waals surface area (Å²) in [6, 6.07) is 16.2. The fourth-order valence-corrected chi connectivity index (χ4v) is 4.79. The van der Waals surface area contributed by atoms with Crippen molar-refractivity contribution in [3.63, 3.8) is 0 Å². The number of hydrogen-bond donors (Lipinski definition) is 0. The third kappa shape index (κ3) is 5.26. The number of nitrogens with zero attached hydrogens (tertiary/aromatic N) is 3. The predicted octanol–water partition coefficient (Wildman–Crippen LogP) is 5.99. The van der Waals surface area contributed by atoms with Crippen molar-refractivity contribution in [1.29, 1.82) is 0 Å². The van der Waals surface area contributed by atoms with Gasteiger partial charge in [-0.05, 0) is 49.2 Å². The van der Waals surface area contributed by atoms with Gasteiger partial charge in [0.2, 0.25) is 5.43 Å². The minimum Gasteiger partial charge on any atom is -0.491 e. The first-order chi connectivity index (χ1) is 19.7. The van der Waals surface area contributed by atoms with E-state index in [0.717, 1.165) is 5.56 Å². The van der Waals surface area contributed by atoms with E-state index in [1.165, 1.54) is 26.4 Å². The lowest BCUT2D eigenvalue weighted by atomic mass is 9.95. The Bertz CT molecular complexity index is 1830. The van der Waals surface area contributed by atoms with E-state index >= 15 is 0 Å². The maximum absolute atomic E-state index is 13.6. The largest absolute Gasteiger partial charge is 0.491 e. The molecule has 5 rings (SSSR count). The van der Waals surface area contributed by atoms with Crippen LogP contribution in [0.4, 0.5) is 4.39 Å². The monoisotopic (exact) mass is 553 g/mol. The number of ketones is 1. The molecule has 0 aliphatic rings. The molecule has 9 heteroatoms. The highest BCUT2D eigenvalue weighted by Crippen LogP contribution is 2.34. The summed E-state index contributed by atoms with van der Waals surface area (Å²) in [5.74, 6) is 1.09. The molecule has 2 aromatic carbocycles. The molecule has 0 amide bonds. The quantitative estimate of drug-likeness (QED) is 0.218. The van der Waals surface area contributed by atoms with Crippen LogP contribution in [0, 0.1) is 19.7 Å². The summed E-state index contributed by atoms with van der Waals surface area (Å²) in [5, 5.41) is 0. The van der Waals surface area contributed by atoms with Crippen LogP contribution < -0.4 is 19.6 Å². The van der Waals surface area contributed by atoms with Gasteiger partial charge < -0.3 is 18.8 Å². The molecule has 0 aliphatic heterocycles. The van der Waals surface area contributed by atoms with Crippen LogP contribution in [0.5, 0.6) is 23.1 Å². The SMILES string of the molecule is COc1cc2nccc(Oc3ccc(CC(=O)c4c(C)n(C)c(C)c(-c5ccc(F)cc5)c4=O)cc3)c2nc1OC. The summed E-state index contributed by atoms with van der Waals surface area (Å²) in [6.45, 7) is 3.57. The molecule has 0 saturated heterocycles. The second kappa shape index (κ2) is 11.2. The highest BCUT2D eigenvalue weighted by molar-refractivity contribution is 5.99. The Labute approximate surface area is 236 Å². The molecular formula is C32H28FN3O5. The van der Waals surface area contributed by atoms with Crippen molar-refractivity contribution in [2.24, 2.45) is 7.05 Å². The zero-order chi connectivity index (χ0) is 29.3. The van der Waals surface area contributed by atoms with E-state index in [4.69, 9.17) is 14.2 Å². The van der Waals surface area contributed by atoms with Gasteiger partial charge in [-0.25, -0.2) is 9.37 Å². The lowest BCUT2D eigenvalue weighted by molar-refractivity contribution is 0.0990. The molecule has 0 spiro atoms. The smallest absolute Gasteiger partial charge is 0.257 e. The number of aromatic nitrogens is 3. The first-order valence-electron chi connectivity index (χ1n) is 12.9. The first kappa shape index (κ1) is 27.5. The number of halogens is 1. The van der Waals surface area contributed by atoms with E-state index in [0.29, 0.717) is 56.7 Å². The molecule has 3 aromatic heterocycles. The van der Waals surface area contributed by atoms with Crippen LogP contribution in [0.3, 0.4) is 0 Å².